The van der Waals surface area contributed by atoms with Crippen LogP contribution in [0.1, 0.15) is 21.6 Å². The number of carbonyl (C=O) groups excluding carboxylic acids is 1. The highest BCUT2D eigenvalue weighted by Crippen LogP contribution is 2.10. The molecule has 0 bridgehead atoms. The number of rotatable bonds is 3. The number of aryl methyl sites for hydroxylation is 1. The third-order valence-electron chi connectivity index (χ3n) is 2.43. The van der Waals surface area contributed by atoms with Crippen molar-refractivity contribution in [1.82, 2.24) is 9.97 Å². The van der Waals surface area contributed by atoms with E-state index in [9.17, 15) is 9.18 Å². The molecule has 0 saturated heterocycles. The molecule has 0 fully saturated rings. The first-order valence-electron chi connectivity index (χ1n) is 5.41. The van der Waals surface area contributed by atoms with Gasteiger partial charge in [-0.3, -0.25) is 14.8 Å². The number of hydrogen-bond acceptors (Lipinski definition) is 3. The molecule has 0 aliphatic rings. The SMILES string of the molecule is Cc1cc(C(=O)C=Cc2cnccn2)ccc1F. The van der Waals surface area contributed by atoms with E-state index in [0.717, 1.165) is 0 Å². The van der Waals surface area contributed by atoms with E-state index in [1.165, 1.54) is 24.3 Å². The minimum absolute atomic E-state index is 0.191. The molecular formula is C14H11FN2O. The van der Waals surface area contributed by atoms with Gasteiger partial charge >= 0.3 is 0 Å². The van der Waals surface area contributed by atoms with Gasteiger partial charge in [0.05, 0.1) is 11.9 Å². The van der Waals surface area contributed by atoms with Gasteiger partial charge in [-0.1, -0.05) is 0 Å². The van der Waals surface area contributed by atoms with Crippen molar-refractivity contribution in [3.8, 4) is 0 Å². The monoisotopic (exact) mass is 242 g/mol. The Hall–Kier alpha value is -2.36. The predicted octanol–water partition coefficient (Wildman–Crippen LogP) is 2.82. The summed E-state index contributed by atoms with van der Waals surface area (Å²) < 4.78 is 13.1. The van der Waals surface area contributed by atoms with E-state index >= 15 is 0 Å². The molecule has 90 valence electrons. The molecule has 0 radical (unpaired) electrons. The lowest BCUT2D eigenvalue weighted by molar-refractivity contribution is 0.104. The lowest BCUT2D eigenvalue weighted by Gasteiger charge is -1.99. The summed E-state index contributed by atoms with van der Waals surface area (Å²) in [6.45, 7) is 1.62. The second kappa shape index (κ2) is 5.31. The Morgan fingerprint density at radius 3 is 2.83 bits per heavy atom. The van der Waals surface area contributed by atoms with Crippen LogP contribution in [0.2, 0.25) is 0 Å². The van der Waals surface area contributed by atoms with Crippen LogP contribution in [0.25, 0.3) is 6.08 Å². The van der Waals surface area contributed by atoms with E-state index in [0.29, 0.717) is 16.8 Å². The molecule has 0 amide bonds. The fraction of sp³-hybridized carbons (Fsp3) is 0.0714. The summed E-state index contributed by atoms with van der Waals surface area (Å²) in [5.74, 6) is -0.506. The van der Waals surface area contributed by atoms with E-state index in [-0.39, 0.29) is 11.6 Å². The Labute approximate surface area is 104 Å². The van der Waals surface area contributed by atoms with Crippen LogP contribution < -0.4 is 0 Å². The standard InChI is InChI=1S/C14H11FN2O/c1-10-8-11(2-4-13(10)15)14(18)5-3-12-9-16-6-7-17-12/h2-9H,1H3. The van der Waals surface area contributed by atoms with Crippen molar-refractivity contribution in [2.75, 3.05) is 0 Å². The molecular weight excluding hydrogens is 231 g/mol. The van der Waals surface area contributed by atoms with Crippen LogP contribution in [0.15, 0.2) is 42.9 Å². The Kier molecular flexibility index (Phi) is 3.57. The molecule has 18 heavy (non-hydrogen) atoms. The number of benzene rings is 1. The topological polar surface area (TPSA) is 42.9 Å². The van der Waals surface area contributed by atoms with Crippen molar-refractivity contribution in [1.29, 1.82) is 0 Å². The highest BCUT2D eigenvalue weighted by atomic mass is 19.1. The van der Waals surface area contributed by atoms with Gasteiger partial charge in [-0.05, 0) is 42.8 Å². The number of halogens is 1. The number of ketones is 1. The zero-order valence-electron chi connectivity index (χ0n) is 9.80. The van der Waals surface area contributed by atoms with Gasteiger partial charge < -0.3 is 0 Å². The van der Waals surface area contributed by atoms with Crippen molar-refractivity contribution in [3.63, 3.8) is 0 Å². The quantitative estimate of drug-likeness (QED) is 0.614. The molecule has 3 nitrogen and oxygen atoms in total. The number of allylic oxidation sites excluding steroid dienone is 1. The van der Waals surface area contributed by atoms with Gasteiger partial charge in [0, 0.05) is 18.0 Å². The lowest BCUT2D eigenvalue weighted by Crippen LogP contribution is -1.96. The third kappa shape index (κ3) is 2.85. The van der Waals surface area contributed by atoms with Crippen molar-refractivity contribution in [2.45, 2.75) is 6.92 Å². The molecule has 1 aromatic carbocycles. The summed E-state index contributed by atoms with van der Waals surface area (Å²) in [5, 5.41) is 0. The maximum Gasteiger partial charge on any atom is 0.185 e. The average molecular weight is 242 g/mol. The first kappa shape index (κ1) is 12.1. The van der Waals surface area contributed by atoms with Gasteiger partial charge in [-0.25, -0.2) is 4.39 Å². The zero-order chi connectivity index (χ0) is 13.0. The minimum atomic E-state index is -0.315. The summed E-state index contributed by atoms with van der Waals surface area (Å²) in [7, 11) is 0. The molecule has 0 aliphatic carbocycles. The number of hydrogen-bond donors (Lipinski definition) is 0. The Bertz CT molecular complexity index is 594. The average Bonchev–Trinajstić information content (AvgIpc) is 2.40. The Balaban J connectivity index is 2.17. The van der Waals surface area contributed by atoms with Gasteiger partial charge in [0.15, 0.2) is 5.78 Å². The van der Waals surface area contributed by atoms with Gasteiger partial charge in [0.25, 0.3) is 0 Å². The van der Waals surface area contributed by atoms with Crippen LogP contribution in [0, 0.1) is 12.7 Å². The van der Waals surface area contributed by atoms with Gasteiger partial charge in [0.2, 0.25) is 0 Å². The second-order valence-electron chi connectivity index (χ2n) is 3.79. The van der Waals surface area contributed by atoms with Gasteiger partial charge in [-0.2, -0.15) is 0 Å². The summed E-state index contributed by atoms with van der Waals surface area (Å²) in [6.07, 6.45) is 7.64. The molecule has 2 rings (SSSR count). The zero-order valence-corrected chi connectivity index (χ0v) is 9.80. The number of aromatic nitrogens is 2. The first-order chi connectivity index (χ1) is 8.66. The molecule has 0 N–H and O–H groups in total. The summed E-state index contributed by atoms with van der Waals surface area (Å²) in [6, 6.07) is 4.28. The maximum absolute atomic E-state index is 13.1. The molecule has 0 unspecified atom stereocenters. The second-order valence-corrected chi connectivity index (χ2v) is 3.79. The number of carbonyl (C=O) groups is 1. The van der Waals surface area contributed by atoms with E-state index in [2.05, 4.69) is 9.97 Å². The van der Waals surface area contributed by atoms with Crippen LogP contribution >= 0.6 is 0 Å². The molecule has 2 aromatic rings. The Morgan fingerprint density at radius 2 is 2.17 bits per heavy atom. The van der Waals surface area contributed by atoms with E-state index in [1.807, 2.05) is 0 Å². The van der Waals surface area contributed by atoms with Gasteiger partial charge in [-0.15, -0.1) is 0 Å². The van der Waals surface area contributed by atoms with E-state index < -0.39 is 0 Å². The molecule has 0 atom stereocenters. The molecule has 0 saturated carbocycles. The van der Waals surface area contributed by atoms with Crippen LogP contribution in [0.3, 0.4) is 0 Å². The van der Waals surface area contributed by atoms with Crippen molar-refractivity contribution in [2.24, 2.45) is 0 Å². The summed E-state index contributed by atoms with van der Waals surface area (Å²) >= 11 is 0. The van der Waals surface area contributed by atoms with Crippen LogP contribution in [-0.2, 0) is 0 Å². The molecule has 0 aliphatic heterocycles. The summed E-state index contributed by atoms with van der Waals surface area (Å²) in [5.41, 5.74) is 1.51. The number of nitrogens with zero attached hydrogens (tertiary/aromatic N) is 2. The molecule has 4 heteroatoms. The van der Waals surface area contributed by atoms with Crippen molar-refractivity contribution in [3.05, 3.63) is 65.5 Å². The van der Waals surface area contributed by atoms with Crippen LogP contribution in [-0.4, -0.2) is 15.8 Å². The molecule has 1 aromatic heterocycles. The lowest BCUT2D eigenvalue weighted by atomic mass is 10.1. The largest absolute Gasteiger partial charge is 0.289 e. The smallest absolute Gasteiger partial charge is 0.185 e. The Morgan fingerprint density at radius 1 is 1.33 bits per heavy atom. The highest BCUT2D eigenvalue weighted by Gasteiger charge is 2.04. The van der Waals surface area contributed by atoms with E-state index in [1.54, 1.807) is 31.6 Å². The van der Waals surface area contributed by atoms with Gasteiger partial charge in [0.1, 0.15) is 5.82 Å². The van der Waals surface area contributed by atoms with Crippen molar-refractivity contribution >= 4 is 11.9 Å². The highest BCUT2D eigenvalue weighted by molar-refractivity contribution is 6.06. The predicted molar refractivity (Wildman–Crippen MR) is 66.5 cm³/mol. The summed E-state index contributed by atoms with van der Waals surface area (Å²) in [4.78, 5) is 19.7. The molecule has 0 spiro atoms. The van der Waals surface area contributed by atoms with Crippen molar-refractivity contribution < 1.29 is 9.18 Å². The fourth-order valence-corrected chi connectivity index (χ4v) is 1.45. The third-order valence-corrected chi connectivity index (χ3v) is 2.43. The van der Waals surface area contributed by atoms with E-state index in [4.69, 9.17) is 0 Å². The normalized spacial score (nSPS) is 10.8. The van der Waals surface area contributed by atoms with Crippen LogP contribution in [0.4, 0.5) is 4.39 Å². The maximum atomic E-state index is 13.1. The molecule has 1 heterocycles. The minimum Gasteiger partial charge on any atom is -0.289 e. The van der Waals surface area contributed by atoms with Crippen LogP contribution in [0.5, 0.6) is 0 Å². The first-order valence-corrected chi connectivity index (χ1v) is 5.41. The fourth-order valence-electron chi connectivity index (χ4n) is 1.45.